The zero-order chi connectivity index (χ0) is 15.6. The summed E-state index contributed by atoms with van der Waals surface area (Å²) in [7, 11) is 0. The molecule has 1 aromatic carbocycles. The molecule has 20 heavy (non-hydrogen) atoms. The number of rotatable bonds is 3. The third-order valence-electron chi connectivity index (χ3n) is 4.49. The van der Waals surface area contributed by atoms with E-state index in [1.807, 2.05) is 12.1 Å². The molecule has 0 amide bonds. The van der Waals surface area contributed by atoms with E-state index < -0.39 is 6.26 Å². The largest absolute Gasteiger partial charge is 0.298 e. The van der Waals surface area contributed by atoms with E-state index in [-0.39, 0.29) is 0 Å². The van der Waals surface area contributed by atoms with Gasteiger partial charge in [0.25, 0.3) is 0 Å². The van der Waals surface area contributed by atoms with Gasteiger partial charge in [0.15, 0.2) is 0 Å². The van der Waals surface area contributed by atoms with Crippen LogP contribution in [0.3, 0.4) is 0 Å². The summed E-state index contributed by atoms with van der Waals surface area (Å²) in [5.74, 6) is 0. The first-order valence-electron chi connectivity index (χ1n) is 7.87. The van der Waals surface area contributed by atoms with Gasteiger partial charge in [0.2, 0.25) is 0 Å². The van der Waals surface area contributed by atoms with Crippen LogP contribution in [0.25, 0.3) is 6.08 Å². The van der Waals surface area contributed by atoms with Crippen LogP contribution in [-0.4, -0.2) is 6.26 Å². The van der Waals surface area contributed by atoms with E-state index in [9.17, 15) is 4.79 Å². The van der Waals surface area contributed by atoms with Crippen LogP contribution in [-0.2, 0) is 0 Å². The van der Waals surface area contributed by atoms with Crippen molar-refractivity contribution in [2.24, 2.45) is 5.41 Å². The summed E-state index contributed by atoms with van der Waals surface area (Å²) < 4.78 is 7.11. The van der Waals surface area contributed by atoms with Crippen LogP contribution in [0.1, 0.15) is 64.2 Å². The summed E-state index contributed by atoms with van der Waals surface area (Å²) in [5, 5.41) is 0. The fraction of sp³-hybridized carbons (Fsp3) is 0.421. The fourth-order valence-electron chi connectivity index (χ4n) is 3.26. The zero-order valence-electron chi connectivity index (χ0n) is 13.9. The SMILES string of the molecule is [2H]C(=O)c1ccc(/C=C2\CCC(C)(C)C(CC)=C2C)cc1. The average Bonchev–Trinajstić information content (AvgIpc) is 2.43. The van der Waals surface area contributed by atoms with Crippen LogP contribution in [0, 0.1) is 5.41 Å². The van der Waals surface area contributed by atoms with Gasteiger partial charge >= 0.3 is 0 Å². The third kappa shape index (κ3) is 2.92. The van der Waals surface area contributed by atoms with Gasteiger partial charge in [-0.15, -0.1) is 0 Å². The number of allylic oxidation sites excluding steroid dienone is 3. The summed E-state index contributed by atoms with van der Waals surface area (Å²) >= 11 is 0. The van der Waals surface area contributed by atoms with Crippen LogP contribution in [0.4, 0.5) is 0 Å². The molecule has 0 saturated heterocycles. The number of carbonyl (C=O) groups excluding carboxylic acids is 1. The van der Waals surface area contributed by atoms with Crippen molar-refractivity contribution in [3.63, 3.8) is 0 Å². The molecule has 0 spiro atoms. The van der Waals surface area contributed by atoms with Crippen molar-refractivity contribution >= 4 is 12.3 Å². The van der Waals surface area contributed by atoms with Gasteiger partial charge in [0, 0.05) is 5.56 Å². The average molecular weight is 269 g/mol. The van der Waals surface area contributed by atoms with Gasteiger partial charge in [0.1, 0.15) is 7.63 Å². The Morgan fingerprint density at radius 3 is 2.40 bits per heavy atom. The lowest BCUT2D eigenvalue weighted by molar-refractivity contribution is 0.112. The summed E-state index contributed by atoms with van der Waals surface area (Å²) in [6, 6.07) is 7.31. The first-order valence-corrected chi connectivity index (χ1v) is 7.37. The lowest BCUT2D eigenvalue weighted by Gasteiger charge is -2.35. The van der Waals surface area contributed by atoms with Crippen LogP contribution < -0.4 is 0 Å². The van der Waals surface area contributed by atoms with Gasteiger partial charge in [-0.05, 0) is 48.3 Å². The van der Waals surface area contributed by atoms with Gasteiger partial charge in [-0.2, -0.15) is 0 Å². The fourth-order valence-corrected chi connectivity index (χ4v) is 3.26. The molecule has 0 saturated carbocycles. The summed E-state index contributed by atoms with van der Waals surface area (Å²) in [4.78, 5) is 11.0. The highest BCUT2D eigenvalue weighted by Gasteiger charge is 2.29. The monoisotopic (exact) mass is 269 g/mol. The Bertz CT molecular complexity index is 603. The molecule has 0 bridgehead atoms. The predicted octanol–water partition coefficient (Wildman–Crippen LogP) is 5.43. The molecule has 2 rings (SSSR count). The lowest BCUT2D eigenvalue weighted by atomic mass is 9.70. The minimum Gasteiger partial charge on any atom is -0.298 e. The van der Waals surface area contributed by atoms with E-state index in [0.717, 1.165) is 18.4 Å². The molecule has 1 aliphatic carbocycles. The van der Waals surface area contributed by atoms with Gasteiger partial charge in [0.05, 0.1) is 0 Å². The van der Waals surface area contributed by atoms with Crippen LogP contribution in [0.2, 0.25) is 0 Å². The molecular weight excluding hydrogens is 244 g/mol. The van der Waals surface area contributed by atoms with Crippen molar-refractivity contribution in [2.45, 2.75) is 47.0 Å². The minimum atomic E-state index is -0.627. The van der Waals surface area contributed by atoms with E-state index in [1.165, 1.54) is 17.6 Å². The number of hydrogen-bond acceptors (Lipinski definition) is 1. The van der Waals surface area contributed by atoms with Gasteiger partial charge in [-0.25, -0.2) is 0 Å². The number of carbonyl (C=O) groups is 1. The number of hydrogen-bond donors (Lipinski definition) is 0. The molecule has 0 radical (unpaired) electrons. The molecule has 1 heteroatoms. The van der Waals surface area contributed by atoms with E-state index >= 15 is 0 Å². The Morgan fingerprint density at radius 2 is 1.85 bits per heavy atom. The van der Waals surface area contributed by atoms with E-state index in [0.29, 0.717) is 11.0 Å². The van der Waals surface area contributed by atoms with Crippen LogP contribution in [0.15, 0.2) is 41.0 Å². The highest BCUT2D eigenvalue weighted by Crippen LogP contribution is 2.44. The van der Waals surface area contributed by atoms with Crippen molar-refractivity contribution in [1.29, 1.82) is 0 Å². The van der Waals surface area contributed by atoms with Crippen LogP contribution >= 0.6 is 0 Å². The maximum atomic E-state index is 11.0. The molecule has 0 aromatic heterocycles. The van der Waals surface area contributed by atoms with E-state index in [4.69, 9.17) is 1.37 Å². The van der Waals surface area contributed by atoms with Crippen molar-refractivity contribution in [2.75, 3.05) is 0 Å². The topological polar surface area (TPSA) is 17.1 Å². The Morgan fingerprint density at radius 1 is 1.25 bits per heavy atom. The summed E-state index contributed by atoms with van der Waals surface area (Å²) in [6.07, 6.45) is 4.98. The molecule has 0 fully saturated rings. The molecule has 0 unspecified atom stereocenters. The van der Waals surface area contributed by atoms with E-state index in [2.05, 4.69) is 33.8 Å². The highest BCUT2D eigenvalue weighted by atomic mass is 16.1. The number of aldehydes is 1. The Kier molecular flexibility index (Phi) is 3.86. The second kappa shape index (κ2) is 5.78. The second-order valence-electron chi connectivity index (χ2n) is 6.23. The Labute approximate surface area is 123 Å². The maximum absolute atomic E-state index is 11.0. The minimum absolute atomic E-state index is 0.303. The summed E-state index contributed by atoms with van der Waals surface area (Å²) in [6.45, 7) is 9.13. The Hall–Kier alpha value is -1.63. The molecule has 0 heterocycles. The standard InChI is InChI=1S/C19H24O/c1-5-18-14(2)17(10-11-19(18,3)4)12-15-6-8-16(13-20)9-7-15/h6-9,12-13H,5,10-11H2,1-4H3/b17-12+/i13D. The first-order chi connectivity index (χ1) is 9.85. The highest BCUT2D eigenvalue weighted by molar-refractivity contribution is 5.75. The lowest BCUT2D eigenvalue weighted by Crippen LogP contribution is -2.21. The van der Waals surface area contributed by atoms with E-state index in [1.54, 1.807) is 17.7 Å². The molecule has 1 aliphatic rings. The smallest absolute Gasteiger partial charge is 0.150 e. The van der Waals surface area contributed by atoms with Crippen molar-refractivity contribution < 1.29 is 6.17 Å². The molecule has 1 nitrogen and oxygen atoms in total. The normalized spacial score (nSPS) is 21.0. The first kappa shape index (κ1) is 13.4. The second-order valence-corrected chi connectivity index (χ2v) is 6.23. The van der Waals surface area contributed by atoms with Gasteiger partial charge in [-0.1, -0.05) is 56.7 Å². The quantitative estimate of drug-likeness (QED) is 0.669. The van der Waals surface area contributed by atoms with Gasteiger partial charge < -0.3 is 0 Å². The maximum Gasteiger partial charge on any atom is 0.150 e. The van der Waals surface area contributed by atoms with Gasteiger partial charge in [-0.3, -0.25) is 4.79 Å². The molecule has 0 aliphatic heterocycles. The van der Waals surface area contributed by atoms with Crippen molar-refractivity contribution in [3.8, 4) is 0 Å². The third-order valence-corrected chi connectivity index (χ3v) is 4.49. The molecular formula is C19H24O. The zero-order valence-corrected chi connectivity index (χ0v) is 12.9. The summed E-state index contributed by atoms with van der Waals surface area (Å²) in [5.41, 5.74) is 6.23. The predicted molar refractivity (Wildman–Crippen MR) is 85.8 cm³/mol. The van der Waals surface area contributed by atoms with Crippen molar-refractivity contribution in [3.05, 3.63) is 52.1 Å². The van der Waals surface area contributed by atoms with Crippen LogP contribution in [0.5, 0.6) is 0 Å². The Balaban J connectivity index is 2.35. The number of benzene rings is 1. The molecule has 1 aromatic rings. The molecule has 106 valence electrons. The van der Waals surface area contributed by atoms with Crippen molar-refractivity contribution in [1.82, 2.24) is 0 Å². The molecule has 0 atom stereocenters. The molecule has 0 N–H and O–H groups in total.